The van der Waals surface area contributed by atoms with Crippen LogP contribution >= 0.6 is 0 Å². The topological polar surface area (TPSA) is 46.5 Å². The summed E-state index contributed by atoms with van der Waals surface area (Å²) in [5.41, 5.74) is 0.674. The van der Waals surface area contributed by atoms with E-state index in [4.69, 9.17) is 4.74 Å². The van der Waals surface area contributed by atoms with Crippen LogP contribution in [0, 0.1) is 5.92 Å². The Morgan fingerprint density at radius 2 is 1.82 bits per heavy atom. The Bertz CT molecular complexity index is 811. The molecule has 0 aliphatic carbocycles. The van der Waals surface area contributed by atoms with Crippen LogP contribution in [0.4, 0.5) is 8.78 Å². The van der Waals surface area contributed by atoms with E-state index in [2.05, 4.69) is 0 Å². The molecule has 150 valence electrons. The van der Waals surface area contributed by atoms with Gasteiger partial charge in [-0.05, 0) is 43.9 Å². The van der Waals surface area contributed by atoms with Gasteiger partial charge in [-0.2, -0.15) is 0 Å². The second-order valence-corrected chi connectivity index (χ2v) is 6.99. The fourth-order valence-corrected chi connectivity index (χ4v) is 3.20. The molecule has 0 bridgehead atoms. The number of Topliss-reactive ketones (excluding diaryl/α,β-unsaturated/α-hetero) is 1. The highest BCUT2D eigenvalue weighted by Gasteiger charge is 2.42. The Morgan fingerprint density at radius 1 is 1.18 bits per heavy atom. The molecule has 0 aromatic heterocycles. The Kier molecular flexibility index (Phi) is 7.46. The lowest BCUT2D eigenvalue weighted by Crippen LogP contribution is -2.45. The van der Waals surface area contributed by atoms with Crippen LogP contribution in [0.3, 0.4) is 0 Å². The second-order valence-electron chi connectivity index (χ2n) is 6.99. The van der Waals surface area contributed by atoms with Gasteiger partial charge in [-0.1, -0.05) is 54.6 Å². The van der Waals surface area contributed by atoms with Gasteiger partial charge in [0, 0.05) is 5.56 Å². The zero-order valence-electron chi connectivity index (χ0n) is 16.4. The fraction of sp³-hybridized carbons (Fsp3) is 0.348. The molecule has 5 heteroatoms. The van der Waals surface area contributed by atoms with Crippen molar-refractivity contribution in [2.45, 2.75) is 38.7 Å². The van der Waals surface area contributed by atoms with Gasteiger partial charge in [-0.25, -0.2) is 8.78 Å². The summed E-state index contributed by atoms with van der Waals surface area (Å²) in [6, 6.07) is 15.6. The van der Waals surface area contributed by atoms with Gasteiger partial charge in [0.1, 0.15) is 17.1 Å². The lowest BCUT2D eigenvalue weighted by atomic mass is 9.83. The Labute approximate surface area is 164 Å². The molecule has 0 unspecified atom stereocenters. The van der Waals surface area contributed by atoms with Gasteiger partial charge in [-0.15, -0.1) is 0 Å². The van der Waals surface area contributed by atoms with Crippen molar-refractivity contribution in [3.63, 3.8) is 0 Å². The normalized spacial score (nSPS) is 14.8. The highest BCUT2D eigenvalue weighted by Crippen LogP contribution is 2.31. The number of aliphatic hydroxyl groups is 1. The van der Waals surface area contributed by atoms with E-state index in [9.17, 15) is 18.7 Å². The van der Waals surface area contributed by atoms with Crippen molar-refractivity contribution in [1.29, 1.82) is 0 Å². The van der Waals surface area contributed by atoms with Gasteiger partial charge >= 0.3 is 0 Å². The molecule has 0 radical (unpaired) electrons. The number of methoxy groups -OCH3 is 1. The number of allylic oxidation sites excluding steroid dienone is 1. The van der Waals surface area contributed by atoms with E-state index in [1.165, 1.54) is 6.92 Å². The number of ether oxygens (including phenoxy) is 1. The van der Waals surface area contributed by atoms with Gasteiger partial charge in [0.15, 0.2) is 0 Å². The van der Waals surface area contributed by atoms with Crippen LogP contribution < -0.4 is 4.74 Å². The van der Waals surface area contributed by atoms with E-state index < -0.39 is 23.7 Å². The molecular weight excluding hydrogens is 362 g/mol. The SMILES string of the molecule is COc1ccccc1-c1ccc(/C=C/CC[C@H](C(C)=O)[C@](C)(O)C(F)F)cc1. The minimum Gasteiger partial charge on any atom is -0.496 e. The zero-order chi connectivity index (χ0) is 20.7. The first kappa shape index (κ1) is 21.8. The van der Waals surface area contributed by atoms with Crippen molar-refractivity contribution < 1.29 is 23.4 Å². The van der Waals surface area contributed by atoms with Gasteiger partial charge in [0.2, 0.25) is 0 Å². The first-order chi connectivity index (χ1) is 13.3. The number of para-hydroxylation sites is 1. The highest BCUT2D eigenvalue weighted by atomic mass is 19.3. The first-order valence-electron chi connectivity index (χ1n) is 9.18. The van der Waals surface area contributed by atoms with Crippen molar-refractivity contribution in [1.82, 2.24) is 0 Å². The van der Waals surface area contributed by atoms with E-state index in [0.717, 1.165) is 29.4 Å². The molecule has 0 amide bonds. The van der Waals surface area contributed by atoms with Gasteiger partial charge in [-0.3, -0.25) is 4.79 Å². The smallest absolute Gasteiger partial charge is 0.267 e. The Balaban J connectivity index is 2.02. The minimum atomic E-state index is -2.96. The van der Waals surface area contributed by atoms with Gasteiger partial charge in [0.25, 0.3) is 6.43 Å². The van der Waals surface area contributed by atoms with E-state index in [0.29, 0.717) is 6.42 Å². The van der Waals surface area contributed by atoms with Crippen LogP contribution in [0.15, 0.2) is 54.6 Å². The molecule has 28 heavy (non-hydrogen) atoms. The van der Waals surface area contributed by atoms with Crippen molar-refractivity contribution in [3.05, 3.63) is 60.2 Å². The van der Waals surface area contributed by atoms with Gasteiger partial charge < -0.3 is 9.84 Å². The molecule has 2 rings (SSSR count). The third-order valence-electron chi connectivity index (χ3n) is 4.90. The summed E-state index contributed by atoms with van der Waals surface area (Å²) in [4.78, 5) is 11.7. The number of rotatable bonds is 9. The largest absolute Gasteiger partial charge is 0.496 e. The van der Waals surface area contributed by atoms with E-state index >= 15 is 0 Å². The number of hydrogen-bond donors (Lipinski definition) is 1. The summed E-state index contributed by atoms with van der Waals surface area (Å²) in [5, 5.41) is 9.91. The summed E-state index contributed by atoms with van der Waals surface area (Å²) in [6.07, 6.45) is 1.33. The van der Waals surface area contributed by atoms with E-state index in [-0.39, 0.29) is 6.42 Å². The van der Waals surface area contributed by atoms with E-state index in [1.807, 2.05) is 60.7 Å². The van der Waals surface area contributed by atoms with Crippen LogP contribution in [-0.4, -0.2) is 30.0 Å². The molecule has 0 heterocycles. The lowest BCUT2D eigenvalue weighted by molar-refractivity contribution is -0.148. The summed E-state index contributed by atoms with van der Waals surface area (Å²) >= 11 is 0. The molecule has 0 saturated carbocycles. The number of carbonyl (C=O) groups is 1. The van der Waals surface area contributed by atoms with Crippen molar-refractivity contribution in [2.75, 3.05) is 7.11 Å². The van der Waals surface area contributed by atoms with Crippen LogP contribution in [0.5, 0.6) is 5.75 Å². The quantitative estimate of drug-likeness (QED) is 0.628. The van der Waals surface area contributed by atoms with Gasteiger partial charge in [0.05, 0.1) is 13.0 Å². The average molecular weight is 388 g/mol. The van der Waals surface area contributed by atoms with Crippen molar-refractivity contribution in [3.8, 4) is 16.9 Å². The molecule has 3 nitrogen and oxygen atoms in total. The Morgan fingerprint density at radius 3 is 2.39 bits per heavy atom. The summed E-state index contributed by atoms with van der Waals surface area (Å²) in [5.74, 6) is -0.725. The summed E-state index contributed by atoms with van der Waals surface area (Å²) in [7, 11) is 1.63. The predicted molar refractivity (Wildman–Crippen MR) is 107 cm³/mol. The van der Waals surface area contributed by atoms with Crippen LogP contribution in [-0.2, 0) is 4.79 Å². The monoisotopic (exact) mass is 388 g/mol. The third kappa shape index (κ3) is 5.26. The van der Waals surface area contributed by atoms with Crippen molar-refractivity contribution >= 4 is 11.9 Å². The Hall–Kier alpha value is -2.53. The number of benzene rings is 2. The number of hydrogen-bond acceptors (Lipinski definition) is 3. The maximum Gasteiger partial charge on any atom is 0.267 e. The van der Waals surface area contributed by atoms with Crippen molar-refractivity contribution in [2.24, 2.45) is 5.92 Å². The average Bonchev–Trinajstić information content (AvgIpc) is 2.67. The summed E-state index contributed by atoms with van der Waals surface area (Å²) in [6.45, 7) is 2.26. The molecule has 2 aromatic rings. The fourth-order valence-electron chi connectivity index (χ4n) is 3.20. The zero-order valence-corrected chi connectivity index (χ0v) is 16.4. The number of carbonyl (C=O) groups excluding carboxylic acids is 1. The summed E-state index contributed by atoms with van der Waals surface area (Å²) < 4.78 is 31.4. The maximum absolute atomic E-state index is 13.0. The van der Waals surface area contributed by atoms with Crippen LogP contribution in [0.1, 0.15) is 32.3 Å². The highest BCUT2D eigenvalue weighted by molar-refractivity contribution is 5.79. The number of alkyl halides is 2. The van der Waals surface area contributed by atoms with Crippen LogP contribution in [0.2, 0.25) is 0 Å². The molecular formula is C23H26F2O3. The molecule has 0 aliphatic rings. The molecule has 0 fully saturated rings. The molecule has 2 aromatic carbocycles. The third-order valence-corrected chi connectivity index (χ3v) is 4.90. The molecule has 0 aliphatic heterocycles. The second kappa shape index (κ2) is 9.60. The van der Waals surface area contributed by atoms with E-state index in [1.54, 1.807) is 7.11 Å². The molecule has 0 saturated heterocycles. The molecule has 1 N–H and O–H groups in total. The number of halogens is 2. The molecule has 2 atom stereocenters. The predicted octanol–water partition coefficient (Wildman–Crippen LogP) is 5.38. The van der Waals surface area contributed by atoms with Crippen LogP contribution in [0.25, 0.3) is 17.2 Å². The lowest BCUT2D eigenvalue weighted by Gasteiger charge is -2.30. The number of ketones is 1. The minimum absolute atomic E-state index is 0.169. The maximum atomic E-state index is 13.0. The standard InChI is InChI=1S/C23H26F2O3/c1-16(26)20(23(2,27)22(24)25)10-6-4-8-17-12-14-18(15-13-17)19-9-5-7-11-21(19)28-3/h4-5,7-9,11-15,20,22,27H,6,10H2,1-3H3/b8-4+/t20-,23+/m1/s1. The first-order valence-corrected chi connectivity index (χ1v) is 9.18. The molecule has 0 spiro atoms.